The van der Waals surface area contributed by atoms with Crippen molar-refractivity contribution in [2.75, 3.05) is 7.11 Å². The molecule has 2 aliphatic rings. The molecule has 0 saturated carbocycles. The number of nitrogens with zero attached hydrogens (tertiary/aromatic N) is 1. The lowest BCUT2D eigenvalue weighted by molar-refractivity contribution is -0.119. The monoisotopic (exact) mass is 458 g/mol. The Morgan fingerprint density at radius 1 is 1.15 bits per heavy atom. The van der Waals surface area contributed by atoms with E-state index in [-0.39, 0.29) is 29.3 Å². The molecule has 0 amide bonds. The summed E-state index contributed by atoms with van der Waals surface area (Å²) in [5.74, 6) is 1.46. The largest absolute Gasteiger partial charge is 0.496 e. The van der Waals surface area contributed by atoms with Gasteiger partial charge in [0, 0.05) is 24.0 Å². The summed E-state index contributed by atoms with van der Waals surface area (Å²) < 4.78 is 17.4. The Hall–Kier alpha value is -3.72. The van der Waals surface area contributed by atoms with Crippen molar-refractivity contribution in [2.24, 2.45) is 11.1 Å². The molecule has 0 unspecified atom stereocenters. The van der Waals surface area contributed by atoms with Gasteiger partial charge in [-0.25, -0.2) is 0 Å². The van der Waals surface area contributed by atoms with Gasteiger partial charge in [-0.15, -0.1) is 0 Å². The van der Waals surface area contributed by atoms with Gasteiger partial charge < -0.3 is 19.9 Å². The van der Waals surface area contributed by atoms with E-state index in [0.29, 0.717) is 29.9 Å². The van der Waals surface area contributed by atoms with Crippen LogP contribution in [0.3, 0.4) is 0 Å². The van der Waals surface area contributed by atoms with E-state index in [1.807, 2.05) is 58.0 Å². The highest BCUT2D eigenvalue weighted by molar-refractivity contribution is 6.00. The average molecular weight is 459 g/mol. The summed E-state index contributed by atoms with van der Waals surface area (Å²) >= 11 is 0. The molecule has 0 radical (unpaired) electrons. The molecule has 0 bridgehead atoms. The standard InChI is InChI=1S/C28H30N2O4/c1-16-8-17(2)10-20(9-16)33-15-19-11-18(6-7-23(19)32-5)25-21(14-29)27(30)34-24-13-28(3,4)12-22(31)26(24)25/h6-11,25H,12-13,15,30H2,1-5H3/t25-/m1/s1. The van der Waals surface area contributed by atoms with Gasteiger partial charge in [0.05, 0.1) is 13.0 Å². The Bertz CT molecular complexity index is 1240. The number of nitriles is 1. The first-order valence-corrected chi connectivity index (χ1v) is 11.3. The van der Waals surface area contributed by atoms with Gasteiger partial charge in [0.2, 0.25) is 5.88 Å². The molecule has 176 valence electrons. The molecule has 2 aromatic carbocycles. The number of hydrogen-bond donors (Lipinski definition) is 1. The highest BCUT2D eigenvalue weighted by Crippen LogP contribution is 2.48. The van der Waals surface area contributed by atoms with E-state index in [1.54, 1.807) is 7.11 Å². The molecule has 1 heterocycles. The van der Waals surface area contributed by atoms with Crippen LogP contribution in [-0.2, 0) is 16.1 Å². The minimum atomic E-state index is -0.580. The molecule has 0 spiro atoms. The van der Waals surface area contributed by atoms with Crippen LogP contribution in [0.4, 0.5) is 0 Å². The minimum absolute atomic E-state index is 0.0136. The molecule has 0 aromatic heterocycles. The third kappa shape index (κ3) is 4.51. The Kier molecular flexibility index (Phi) is 6.14. The highest BCUT2D eigenvalue weighted by atomic mass is 16.5. The summed E-state index contributed by atoms with van der Waals surface area (Å²) in [4.78, 5) is 13.2. The van der Waals surface area contributed by atoms with Crippen molar-refractivity contribution in [3.05, 3.63) is 81.4 Å². The summed E-state index contributed by atoms with van der Waals surface area (Å²) in [7, 11) is 1.61. The SMILES string of the molecule is COc1ccc([C@@H]2C(C#N)=C(N)OC3=C2C(=O)CC(C)(C)C3)cc1COc1cc(C)cc(C)c1. The van der Waals surface area contributed by atoms with Gasteiger partial charge in [-0.1, -0.05) is 26.0 Å². The maximum atomic E-state index is 13.2. The molecule has 6 heteroatoms. The van der Waals surface area contributed by atoms with Gasteiger partial charge in [0.25, 0.3) is 0 Å². The smallest absolute Gasteiger partial charge is 0.205 e. The van der Waals surface area contributed by atoms with Crippen LogP contribution in [0.5, 0.6) is 11.5 Å². The molecule has 2 aromatic rings. The molecular weight excluding hydrogens is 428 g/mol. The van der Waals surface area contributed by atoms with Gasteiger partial charge in [0.15, 0.2) is 5.78 Å². The Labute approximate surface area is 200 Å². The normalized spacial score (nSPS) is 19.3. The lowest BCUT2D eigenvalue weighted by atomic mass is 9.70. The van der Waals surface area contributed by atoms with Crippen molar-refractivity contribution >= 4 is 5.78 Å². The Morgan fingerprint density at radius 2 is 1.85 bits per heavy atom. The summed E-state index contributed by atoms with van der Waals surface area (Å²) in [5.41, 5.74) is 10.5. The summed E-state index contributed by atoms with van der Waals surface area (Å²) in [6, 6.07) is 13.9. The first-order valence-electron chi connectivity index (χ1n) is 11.3. The maximum Gasteiger partial charge on any atom is 0.205 e. The second kappa shape index (κ2) is 8.90. The van der Waals surface area contributed by atoms with E-state index in [1.165, 1.54) is 0 Å². The van der Waals surface area contributed by atoms with Crippen molar-refractivity contribution < 1.29 is 19.0 Å². The summed E-state index contributed by atoms with van der Waals surface area (Å²) in [6.45, 7) is 8.39. The molecule has 1 aliphatic heterocycles. The number of carbonyl (C=O) groups excluding carboxylic acids is 1. The second-order valence-corrected chi connectivity index (χ2v) is 9.89. The summed E-state index contributed by atoms with van der Waals surface area (Å²) in [6.07, 6.45) is 0.978. The van der Waals surface area contributed by atoms with E-state index in [0.717, 1.165) is 28.0 Å². The van der Waals surface area contributed by atoms with Crippen LogP contribution >= 0.6 is 0 Å². The number of rotatable bonds is 5. The first kappa shape index (κ1) is 23.4. The number of benzene rings is 2. The minimum Gasteiger partial charge on any atom is -0.496 e. The molecule has 4 rings (SSSR count). The lowest BCUT2D eigenvalue weighted by Gasteiger charge is -2.37. The van der Waals surface area contributed by atoms with Crippen molar-refractivity contribution in [1.82, 2.24) is 0 Å². The van der Waals surface area contributed by atoms with E-state index < -0.39 is 5.92 Å². The number of methoxy groups -OCH3 is 1. The van der Waals surface area contributed by atoms with Crippen LogP contribution in [0.1, 0.15) is 54.9 Å². The molecule has 0 saturated heterocycles. The zero-order valence-corrected chi connectivity index (χ0v) is 20.3. The van der Waals surface area contributed by atoms with Gasteiger partial charge >= 0.3 is 0 Å². The zero-order valence-electron chi connectivity index (χ0n) is 20.3. The van der Waals surface area contributed by atoms with Crippen LogP contribution < -0.4 is 15.2 Å². The lowest BCUT2D eigenvalue weighted by Crippen LogP contribution is -2.33. The van der Waals surface area contributed by atoms with Gasteiger partial charge in [-0.2, -0.15) is 5.26 Å². The molecule has 0 fully saturated rings. The predicted molar refractivity (Wildman–Crippen MR) is 129 cm³/mol. The fourth-order valence-corrected chi connectivity index (χ4v) is 4.89. The fourth-order valence-electron chi connectivity index (χ4n) is 4.89. The third-order valence-corrected chi connectivity index (χ3v) is 6.30. The van der Waals surface area contributed by atoms with Gasteiger partial charge in [-0.05, 0) is 60.2 Å². The van der Waals surface area contributed by atoms with Crippen LogP contribution in [0.2, 0.25) is 0 Å². The number of ketones is 1. The number of hydrogen-bond acceptors (Lipinski definition) is 6. The van der Waals surface area contributed by atoms with Crippen LogP contribution in [0, 0.1) is 30.6 Å². The molecule has 2 N–H and O–H groups in total. The zero-order chi connectivity index (χ0) is 24.6. The van der Waals surface area contributed by atoms with Crippen molar-refractivity contribution in [3.8, 4) is 17.6 Å². The number of allylic oxidation sites excluding steroid dienone is 3. The number of Topliss-reactive ketones (excluding diaryl/α,β-unsaturated/α-hetero) is 1. The number of ether oxygens (including phenoxy) is 3. The Morgan fingerprint density at radius 3 is 2.50 bits per heavy atom. The van der Waals surface area contributed by atoms with Crippen LogP contribution in [0.15, 0.2) is 59.2 Å². The maximum absolute atomic E-state index is 13.2. The van der Waals surface area contributed by atoms with E-state index in [4.69, 9.17) is 19.9 Å². The van der Waals surface area contributed by atoms with Crippen molar-refractivity contribution in [3.63, 3.8) is 0 Å². The number of nitrogens with two attached hydrogens (primary N) is 1. The average Bonchev–Trinajstić information content (AvgIpc) is 2.75. The van der Waals surface area contributed by atoms with Gasteiger partial charge in [0.1, 0.15) is 35.5 Å². The van der Waals surface area contributed by atoms with Crippen LogP contribution in [-0.4, -0.2) is 12.9 Å². The van der Waals surface area contributed by atoms with Crippen molar-refractivity contribution in [2.45, 2.75) is 53.1 Å². The highest BCUT2D eigenvalue weighted by Gasteiger charge is 2.43. The summed E-state index contributed by atoms with van der Waals surface area (Å²) in [5, 5.41) is 9.90. The first-order chi connectivity index (χ1) is 16.1. The molecule has 6 nitrogen and oxygen atoms in total. The number of aryl methyl sites for hydroxylation is 2. The van der Waals surface area contributed by atoms with Gasteiger partial charge in [-0.3, -0.25) is 4.79 Å². The fraction of sp³-hybridized carbons (Fsp3) is 0.357. The molecule has 1 atom stereocenters. The third-order valence-electron chi connectivity index (χ3n) is 6.30. The Balaban J connectivity index is 1.75. The molecular formula is C28H30N2O4. The number of carbonyl (C=O) groups is 1. The van der Waals surface area contributed by atoms with Crippen molar-refractivity contribution in [1.29, 1.82) is 5.26 Å². The second-order valence-electron chi connectivity index (χ2n) is 9.89. The predicted octanol–water partition coefficient (Wildman–Crippen LogP) is 5.34. The molecule has 34 heavy (non-hydrogen) atoms. The molecule has 1 aliphatic carbocycles. The van der Waals surface area contributed by atoms with E-state index in [2.05, 4.69) is 12.1 Å². The topological polar surface area (TPSA) is 94.6 Å². The van der Waals surface area contributed by atoms with E-state index in [9.17, 15) is 10.1 Å². The van der Waals surface area contributed by atoms with E-state index >= 15 is 0 Å². The quantitative estimate of drug-likeness (QED) is 0.650. The van der Waals surface area contributed by atoms with Crippen LogP contribution in [0.25, 0.3) is 0 Å².